The van der Waals surface area contributed by atoms with Crippen molar-refractivity contribution in [1.82, 2.24) is 15.3 Å². The number of hydrogen-bond acceptors (Lipinski definition) is 4. The van der Waals surface area contributed by atoms with Gasteiger partial charge in [-0.05, 0) is 12.1 Å². The number of aromatic nitrogens is 2. The van der Waals surface area contributed by atoms with Crippen LogP contribution >= 0.6 is 0 Å². The minimum atomic E-state index is -4.75. The SMILES string of the molecule is Fc1c(-c2nccnc2N2CCNCC2)cccc1C(F)(F)F. The van der Waals surface area contributed by atoms with E-state index in [-0.39, 0.29) is 11.3 Å². The van der Waals surface area contributed by atoms with E-state index >= 15 is 0 Å². The van der Waals surface area contributed by atoms with Gasteiger partial charge in [-0.1, -0.05) is 6.07 Å². The summed E-state index contributed by atoms with van der Waals surface area (Å²) in [5, 5.41) is 3.17. The third-order valence-corrected chi connectivity index (χ3v) is 3.65. The summed E-state index contributed by atoms with van der Waals surface area (Å²) in [6, 6.07) is 3.19. The molecule has 8 heteroatoms. The highest BCUT2D eigenvalue weighted by molar-refractivity contribution is 5.73. The Hall–Kier alpha value is -2.22. The molecule has 0 aliphatic carbocycles. The number of alkyl halides is 3. The second kappa shape index (κ2) is 6.11. The molecule has 2 aromatic rings. The number of nitrogens with one attached hydrogen (secondary N) is 1. The molecule has 0 atom stereocenters. The van der Waals surface area contributed by atoms with Crippen molar-refractivity contribution in [2.45, 2.75) is 6.18 Å². The predicted octanol–water partition coefficient (Wildman–Crippen LogP) is 2.71. The second-order valence-corrected chi connectivity index (χ2v) is 5.13. The Morgan fingerprint density at radius 1 is 1.04 bits per heavy atom. The van der Waals surface area contributed by atoms with Gasteiger partial charge in [0.25, 0.3) is 0 Å². The van der Waals surface area contributed by atoms with Gasteiger partial charge in [-0.3, -0.25) is 4.98 Å². The molecular weight excluding hydrogens is 312 g/mol. The van der Waals surface area contributed by atoms with E-state index in [1.165, 1.54) is 24.5 Å². The largest absolute Gasteiger partial charge is 0.419 e. The zero-order valence-electron chi connectivity index (χ0n) is 12.1. The molecule has 1 aliphatic rings. The zero-order valence-corrected chi connectivity index (χ0v) is 12.1. The number of hydrogen-bond donors (Lipinski definition) is 1. The van der Waals surface area contributed by atoms with E-state index in [1.54, 1.807) is 0 Å². The Balaban J connectivity index is 2.09. The monoisotopic (exact) mass is 326 g/mol. The highest BCUT2D eigenvalue weighted by atomic mass is 19.4. The van der Waals surface area contributed by atoms with Crippen molar-refractivity contribution in [3.8, 4) is 11.3 Å². The number of rotatable bonds is 2. The minimum absolute atomic E-state index is 0.123. The second-order valence-electron chi connectivity index (χ2n) is 5.13. The van der Waals surface area contributed by atoms with Crippen LogP contribution in [0.5, 0.6) is 0 Å². The maximum atomic E-state index is 14.4. The molecule has 0 radical (unpaired) electrons. The normalized spacial score (nSPS) is 15.7. The summed E-state index contributed by atoms with van der Waals surface area (Å²) >= 11 is 0. The molecule has 0 amide bonds. The summed E-state index contributed by atoms with van der Waals surface area (Å²) in [7, 11) is 0. The standard InChI is InChI=1S/C15H14F4N4/c16-12-10(2-1-3-11(12)15(17,18)19)13-14(22-5-4-21-13)23-8-6-20-7-9-23/h1-5,20H,6-9H2. The van der Waals surface area contributed by atoms with Gasteiger partial charge in [0.1, 0.15) is 11.5 Å². The summed E-state index contributed by atoms with van der Waals surface area (Å²) in [6.45, 7) is 2.71. The van der Waals surface area contributed by atoms with Gasteiger partial charge in [0.2, 0.25) is 0 Å². The number of nitrogens with zero attached hydrogens (tertiary/aromatic N) is 3. The fourth-order valence-electron chi connectivity index (χ4n) is 2.56. The first kappa shape index (κ1) is 15.7. The van der Waals surface area contributed by atoms with Gasteiger partial charge in [-0.15, -0.1) is 0 Å². The Morgan fingerprint density at radius 3 is 2.43 bits per heavy atom. The Morgan fingerprint density at radius 2 is 1.74 bits per heavy atom. The molecule has 0 spiro atoms. The van der Waals surface area contributed by atoms with Crippen LogP contribution in [0.1, 0.15) is 5.56 Å². The number of anilines is 1. The lowest BCUT2D eigenvalue weighted by Gasteiger charge is -2.29. The molecule has 1 aromatic carbocycles. The maximum Gasteiger partial charge on any atom is 0.419 e. The molecule has 1 N–H and O–H groups in total. The van der Waals surface area contributed by atoms with E-state index in [1.807, 2.05) is 4.90 Å². The molecular formula is C15H14F4N4. The molecule has 4 nitrogen and oxygen atoms in total. The van der Waals surface area contributed by atoms with Crippen molar-refractivity contribution in [1.29, 1.82) is 0 Å². The Kier molecular flexibility index (Phi) is 4.16. The number of halogens is 4. The summed E-state index contributed by atoms with van der Waals surface area (Å²) in [6.07, 6.45) is -1.95. The lowest BCUT2D eigenvalue weighted by atomic mass is 10.1. The summed E-state index contributed by atoms with van der Waals surface area (Å²) in [4.78, 5) is 10.2. The van der Waals surface area contributed by atoms with E-state index in [4.69, 9.17) is 0 Å². The lowest BCUT2D eigenvalue weighted by Crippen LogP contribution is -2.44. The van der Waals surface area contributed by atoms with Gasteiger partial charge in [0, 0.05) is 44.1 Å². The van der Waals surface area contributed by atoms with Crippen molar-refractivity contribution in [3.05, 3.63) is 42.0 Å². The van der Waals surface area contributed by atoms with E-state index in [9.17, 15) is 17.6 Å². The fraction of sp³-hybridized carbons (Fsp3) is 0.333. The van der Waals surface area contributed by atoms with Crippen molar-refractivity contribution < 1.29 is 17.6 Å². The molecule has 1 aliphatic heterocycles. The van der Waals surface area contributed by atoms with Crippen molar-refractivity contribution >= 4 is 5.82 Å². The van der Waals surface area contributed by atoms with Crippen LogP contribution in [-0.4, -0.2) is 36.1 Å². The smallest absolute Gasteiger partial charge is 0.352 e. The number of piperazine rings is 1. The maximum absolute atomic E-state index is 14.4. The van der Waals surface area contributed by atoms with Gasteiger partial charge in [-0.2, -0.15) is 13.2 Å². The first-order valence-electron chi connectivity index (χ1n) is 7.11. The number of benzene rings is 1. The van der Waals surface area contributed by atoms with Crippen LogP contribution in [0.25, 0.3) is 11.3 Å². The first-order valence-corrected chi connectivity index (χ1v) is 7.11. The van der Waals surface area contributed by atoms with Crippen LogP contribution in [0.3, 0.4) is 0 Å². The zero-order chi connectivity index (χ0) is 16.4. The molecule has 122 valence electrons. The quantitative estimate of drug-likeness (QED) is 0.862. The molecule has 0 bridgehead atoms. The van der Waals surface area contributed by atoms with Gasteiger partial charge in [0.15, 0.2) is 5.82 Å². The molecule has 0 saturated carbocycles. The lowest BCUT2D eigenvalue weighted by molar-refractivity contribution is -0.139. The van der Waals surface area contributed by atoms with Crippen LogP contribution in [0.4, 0.5) is 23.4 Å². The minimum Gasteiger partial charge on any atom is -0.352 e. The average Bonchev–Trinajstić information content (AvgIpc) is 2.55. The van der Waals surface area contributed by atoms with Gasteiger partial charge >= 0.3 is 6.18 Å². The topological polar surface area (TPSA) is 41.1 Å². The fourth-order valence-corrected chi connectivity index (χ4v) is 2.56. The van der Waals surface area contributed by atoms with E-state index < -0.39 is 17.6 Å². The molecule has 2 heterocycles. The predicted molar refractivity (Wildman–Crippen MR) is 77.5 cm³/mol. The molecule has 1 aromatic heterocycles. The Bertz CT molecular complexity index is 696. The first-order chi connectivity index (χ1) is 11.0. The summed E-state index contributed by atoms with van der Waals surface area (Å²) in [5.74, 6) is -0.927. The molecule has 23 heavy (non-hydrogen) atoms. The third-order valence-electron chi connectivity index (χ3n) is 3.65. The highest BCUT2D eigenvalue weighted by Gasteiger charge is 2.35. The van der Waals surface area contributed by atoms with Gasteiger partial charge in [0.05, 0.1) is 5.56 Å². The summed E-state index contributed by atoms with van der Waals surface area (Å²) < 4.78 is 53.1. The summed E-state index contributed by atoms with van der Waals surface area (Å²) in [5.41, 5.74) is -1.37. The van der Waals surface area contributed by atoms with Crippen LogP contribution in [-0.2, 0) is 6.18 Å². The van der Waals surface area contributed by atoms with Crippen LogP contribution in [0, 0.1) is 5.82 Å². The van der Waals surface area contributed by atoms with Crippen molar-refractivity contribution in [3.63, 3.8) is 0 Å². The molecule has 3 rings (SSSR count). The van der Waals surface area contributed by atoms with Crippen LogP contribution in [0.2, 0.25) is 0 Å². The third kappa shape index (κ3) is 3.12. The van der Waals surface area contributed by atoms with Crippen LogP contribution in [0.15, 0.2) is 30.6 Å². The van der Waals surface area contributed by atoms with Gasteiger partial charge < -0.3 is 10.2 Å². The molecule has 1 saturated heterocycles. The highest BCUT2D eigenvalue weighted by Crippen LogP contribution is 2.37. The van der Waals surface area contributed by atoms with E-state index in [0.29, 0.717) is 18.9 Å². The average molecular weight is 326 g/mol. The van der Waals surface area contributed by atoms with E-state index in [2.05, 4.69) is 15.3 Å². The molecule has 0 unspecified atom stereocenters. The Labute approximate surface area is 130 Å². The molecule has 1 fully saturated rings. The van der Waals surface area contributed by atoms with Crippen molar-refractivity contribution in [2.75, 3.05) is 31.1 Å². The van der Waals surface area contributed by atoms with E-state index in [0.717, 1.165) is 19.2 Å². The van der Waals surface area contributed by atoms with Crippen LogP contribution < -0.4 is 10.2 Å². The van der Waals surface area contributed by atoms with Crippen molar-refractivity contribution in [2.24, 2.45) is 0 Å². The van der Waals surface area contributed by atoms with Gasteiger partial charge in [-0.25, -0.2) is 9.37 Å².